The van der Waals surface area contributed by atoms with E-state index in [1.807, 2.05) is 6.07 Å². The van der Waals surface area contributed by atoms with Gasteiger partial charge in [-0.2, -0.15) is 18.4 Å². The summed E-state index contributed by atoms with van der Waals surface area (Å²) in [4.78, 5) is 14.7. The third-order valence-corrected chi connectivity index (χ3v) is 4.88. The average molecular weight is 389 g/mol. The highest BCUT2D eigenvalue weighted by Gasteiger charge is 2.30. The molecule has 9 heteroatoms. The summed E-state index contributed by atoms with van der Waals surface area (Å²) in [5.41, 5.74) is 0.266. The number of hydrogen-bond donors (Lipinski definition) is 0. The summed E-state index contributed by atoms with van der Waals surface area (Å²) in [5, 5.41) is 20.7. The van der Waals surface area contributed by atoms with E-state index in [2.05, 4.69) is 4.98 Å². The monoisotopic (exact) mass is 389 g/mol. The number of hydrogen-bond acceptors (Lipinski definition) is 5. The Morgan fingerprint density at radius 2 is 2.04 bits per heavy atom. The number of halogens is 3. The number of alkyl halides is 3. The number of benzene rings is 2. The number of thiazole rings is 1. The van der Waals surface area contributed by atoms with Crippen molar-refractivity contribution in [2.45, 2.75) is 13.1 Å². The van der Waals surface area contributed by atoms with E-state index in [0.717, 1.165) is 23.5 Å². The Bertz CT molecular complexity index is 1130. The van der Waals surface area contributed by atoms with E-state index in [-0.39, 0.29) is 21.8 Å². The lowest BCUT2D eigenvalue weighted by molar-refractivity contribution is -0.385. The number of rotatable bonds is 3. The van der Waals surface area contributed by atoms with E-state index in [4.69, 9.17) is 0 Å². The number of nitrogens with zero attached hydrogens (tertiary/aromatic N) is 3. The van der Waals surface area contributed by atoms with Crippen LogP contribution < -0.4 is 0 Å². The van der Waals surface area contributed by atoms with Crippen molar-refractivity contribution in [3.05, 3.63) is 68.2 Å². The molecular weight excluding hydrogens is 379 g/mol. The second-order valence-electron chi connectivity index (χ2n) is 5.67. The Morgan fingerprint density at radius 1 is 1.30 bits per heavy atom. The zero-order valence-electron chi connectivity index (χ0n) is 13.7. The minimum absolute atomic E-state index is 0.0832. The van der Waals surface area contributed by atoms with Crippen LogP contribution in [0.15, 0.2) is 36.4 Å². The minimum Gasteiger partial charge on any atom is -0.258 e. The number of fused-ring (bicyclic) bond motifs is 1. The molecule has 0 radical (unpaired) electrons. The van der Waals surface area contributed by atoms with Crippen molar-refractivity contribution in [1.29, 1.82) is 5.26 Å². The lowest BCUT2D eigenvalue weighted by Gasteiger charge is -2.04. The molecule has 0 aliphatic heterocycles. The first-order valence-corrected chi connectivity index (χ1v) is 8.35. The lowest BCUT2D eigenvalue weighted by atomic mass is 10.1. The van der Waals surface area contributed by atoms with Gasteiger partial charge in [-0.1, -0.05) is 12.1 Å². The van der Waals surface area contributed by atoms with Crippen molar-refractivity contribution in [2.75, 3.05) is 0 Å². The van der Waals surface area contributed by atoms with Crippen LogP contribution in [-0.2, 0) is 6.18 Å². The maximum absolute atomic E-state index is 12.8. The van der Waals surface area contributed by atoms with Gasteiger partial charge in [0.05, 0.1) is 26.3 Å². The van der Waals surface area contributed by atoms with Gasteiger partial charge in [0.2, 0.25) is 0 Å². The molecule has 3 rings (SSSR count). The van der Waals surface area contributed by atoms with E-state index < -0.39 is 16.7 Å². The molecule has 0 atom stereocenters. The molecule has 0 unspecified atom stereocenters. The first-order valence-electron chi connectivity index (χ1n) is 7.54. The Morgan fingerprint density at radius 3 is 2.67 bits per heavy atom. The van der Waals surface area contributed by atoms with Crippen LogP contribution in [0.1, 0.15) is 21.7 Å². The molecule has 0 saturated carbocycles. The second-order valence-corrected chi connectivity index (χ2v) is 6.70. The molecular formula is C18H10F3N3O2S. The lowest BCUT2D eigenvalue weighted by Crippen LogP contribution is -2.03. The van der Waals surface area contributed by atoms with E-state index in [0.29, 0.717) is 15.8 Å². The van der Waals surface area contributed by atoms with E-state index >= 15 is 0 Å². The topological polar surface area (TPSA) is 79.8 Å². The maximum Gasteiger partial charge on any atom is 0.416 e. The molecule has 1 heterocycles. The second kappa shape index (κ2) is 6.81. The van der Waals surface area contributed by atoms with Crippen molar-refractivity contribution in [1.82, 2.24) is 4.98 Å². The smallest absolute Gasteiger partial charge is 0.258 e. The summed E-state index contributed by atoms with van der Waals surface area (Å²) in [5.74, 6) is 0. The number of nitro groups is 1. The van der Waals surface area contributed by atoms with Gasteiger partial charge in [0.1, 0.15) is 11.1 Å². The Kier molecular flexibility index (Phi) is 4.68. The van der Waals surface area contributed by atoms with Crippen LogP contribution >= 0.6 is 11.3 Å². The number of aryl methyl sites for hydroxylation is 1. The quantitative estimate of drug-likeness (QED) is 0.332. The van der Waals surface area contributed by atoms with Crippen LogP contribution in [0.5, 0.6) is 0 Å². The van der Waals surface area contributed by atoms with Crippen molar-refractivity contribution in [3.63, 3.8) is 0 Å². The van der Waals surface area contributed by atoms with Crippen molar-refractivity contribution < 1.29 is 18.1 Å². The fourth-order valence-electron chi connectivity index (χ4n) is 2.44. The standard InChI is InChI=1S/C18H10F3N3O2S/c1-10-2-3-11(7-15(10)24(25)26)6-12(9-22)17-23-14-8-13(18(19,20)21)4-5-16(14)27-17/h2-8H,1H3/b12-6+. The van der Waals surface area contributed by atoms with E-state index in [1.54, 1.807) is 19.1 Å². The normalized spacial score (nSPS) is 12.2. The van der Waals surface area contributed by atoms with Crippen LogP contribution in [0.2, 0.25) is 0 Å². The molecule has 3 aromatic rings. The zero-order valence-corrected chi connectivity index (χ0v) is 14.6. The van der Waals surface area contributed by atoms with Gasteiger partial charge in [-0.05, 0) is 36.8 Å². The van der Waals surface area contributed by atoms with Gasteiger partial charge in [-0.3, -0.25) is 10.1 Å². The molecule has 0 aliphatic rings. The summed E-state index contributed by atoms with van der Waals surface area (Å²) in [6.45, 7) is 1.60. The molecule has 0 fully saturated rings. The van der Waals surface area contributed by atoms with Crippen molar-refractivity contribution >= 4 is 38.9 Å². The molecule has 0 saturated heterocycles. The highest BCUT2D eigenvalue weighted by atomic mass is 32.1. The van der Waals surface area contributed by atoms with Crippen LogP contribution in [0, 0.1) is 28.4 Å². The van der Waals surface area contributed by atoms with Crippen molar-refractivity contribution in [2.24, 2.45) is 0 Å². The molecule has 1 aromatic heterocycles. The number of nitriles is 1. The van der Waals surface area contributed by atoms with Gasteiger partial charge < -0.3 is 0 Å². The summed E-state index contributed by atoms with van der Waals surface area (Å²) >= 11 is 1.08. The fourth-order valence-corrected chi connectivity index (χ4v) is 3.35. The molecule has 136 valence electrons. The highest BCUT2D eigenvalue weighted by molar-refractivity contribution is 7.19. The number of allylic oxidation sites excluding steroid dienone is 1. The zero-order chi connectivity index (χ0) is 19.8. The van der Waals surface area contributed by atoms with Gasteiger partial charge in [-0.25, -0.2) is 4.98 Å². The van der Waals surface area contributed by atoms with Gasteiger partial charge in [0.25, 0.3) is 5.69 Å². The number of nitro benzene ring substituents is 1. The number of aromatic nitrogens is 1. The summed E-state index contributed by atoms with van der Waals surface area (Å²) in [6.07, 6.45) is -3.05. The van der Waals surface area contributed by atoms with Gasteiger partial charge in [0, 0.05) is 11.6 Å². The molecule has 2 aromatic carbocycles. The first-order chi connectivity index (χ1) is 12.7. The fraction of sp³-hybridized carbons (Fsp3) is 0.111. The SMILES string of the molecule is Cc1ccc(/C=C(\C#N)c2nc3cc(C(F)(F)F)ccc3s2)cc1[N+](=O)[O-]. The molecule has 0 aliphatic carbocycles. The average Bonchev–Trinajstić information content (AvgIpc) is 3.02. The molecule has 0 bridgehead atoms. The Labute approximate surface area is 155 Å². The molecule has 27 heavy (non-hydrogen) atoms. The first kappa shape index (κ1) is 18.5. The maximum atomic E-state index is 12.8. The predicted octanol–water partition coefficient (Wildman–Crippen LogP) is 5.60. The molecule has 0 spiro atoms. The van der Waals surface area contributed by atoms with E-state index in [1.165, 1.54) is 18.2 Å². The van der Waals surface area contributed by atoms with Crippen molar-refractivity contribution in [3.8, 4) is 6.07 Å². The predicted molar refractivity (Wildman–Crippen MR) is 95.9 cm³/mol. The summed E-state index contributed by atoms with van der Waals surface area (Å²) in [7, 11) is 0. The molecule has 0 N–H and O–H groups in total. The van der Waals surface area contributed by atoms with Crippen LogP contribution in [-0.4, -0.2) is 9.91 Å². The van der Waals surface area contributed by atoms with E-state index in [9.17, 15) is 28.5 Å². The van der Waals surface area contributed by atoms with Crippen LogP contribution in [0.25, 0.3) is 21.9 Å². The van der Waals surface area contributed by atoms with Gasteiger partial charge in [-0.15, -0.1) is 11.3 Å². The Balaban J connectivity index is 2.06. The summed E-state index contributed by atoms with van der Waals surface area (Å²) < 4.78 is 39.0. The van der Waals surface area contributed by atoms with Gasteiger partial charge in [0.15, 0.2) is 0 Å². The summed E-state index contributed by atoms with van der Waals surface area (Å²) in [6, 6.07) is 9.67. The third kappa shape index (κ3) is 3.80. The van der Waals surface area contributed by atoms with Gasteiger partial charge >= 0.3 is 6.18 Å². The van der Waals surface area contributed by atoms with Crippen LogP contribution in [0.4, 0.5) is 18.9 Å². The molecule has 5 nitrogen and oxygen atoms in total. The molecule has 0 amide bonds. The van der Waals surface area contributed by atoms with Crippen LogP contribution in [0.3, 0.4) is 0 Å². The third-order valence-electron chi connectivity index (χ3n) is 3.81. The largest absolute Gasteiger partial charge is 0.416 e. The highest BCUT2D eigenvalue weighted by Crippen LogP contribution is 2.34. The minimum atomic E-state index is -4.48. The Hall–Kier alpha value is -3.25.